The van der Waals surface area contributed by atoms with E-state index in [1.807, 2.05) is 12.1 Å². The van der Waals surface area contributed by atoms with E-state index < -0.39 is 0 Å². The lowest BCUT2D eigenvalue weighted by Crippen LogP contribution is -2.19. The number of hydrogen-bond donors (Lipinski definition) is 2. The van der Waals surface area contributed by atoms with E-state index in [2.05, 4.69) is 22.2 Å². The highest BCUT2D eigenvalue weighted by Crippen LogP contribution is 2.15. The van der Waals surface area contributed by atoms with E-state index in [0.717, 1.165) is 18.2 Å². The first kappa shape index (κ1) is 10.2. The van der Waals surface area contributed by atoms with Crippen molar-refractivity contribution in [1.29, 1.82) is 0 Å². The standard InChI is InChI=1S/C11H18N4/c1-15-5-4-9(8-15)6-13-10-2-3-11(12)14-7-10/h2-3,7,9,13H,4-6,8H2,1H3,(H2,12,14). The Kier molecular flexibility index (Phi) is 3.06. The summed E-state index contributed by atoms with van der Waals surface area (Å²) in [6, 6.07) is 3.80. The molecule has 1 aromatic heterocycles. The molecule has 0 amide bonds. The molecular formula is C11H18N4. The number of likely N-dealkylation sites (tertiary alicyclic amines) is 1. The summed E-state index contributed by atoms with van der Waals surface area (Å²) in [5.41, 5.74) is 6.57. The summed E-state index contributed by atoms with van der Waals surface area (Å²) in [5, 5.41) is 3.39. The maximum absolute atomic E-state index is 5.52. The predicted octanol–water partition coefficient (Wildman–Crippen LogP) is 1.03. The smallest absolute Gasteiger partial charge is 0.123 e. The van der Waals surface area contributed by atoms with Gasteiger partial charge in [0, 0.05) is 13.1 Å². The van der Waals surface area contributed by atoms with Gasteiger partial charge in [-0.2, -0.15) is 0 Å². The van der Waals surface area contributed by atoms with Crippen LogP contribution in [0.4, 0.5) is 11.5 Å². The second kappa shape index (κ2) is 4.49. The molecule has 1 fully saturated rings. The van der Waals surface area contributed by atoms with Crippen molar-refractivity contribution in [3.8, 4) is 0 Å². The van der Waals surface area contributed by atoms with Crippen molar-refractivity contribution < 1.29 is 0 Å². The molecule has 4 heteroatoms. The van der Waals surface area contributed by atoms with Crippen LogP contribution in [0, 0.1) is 5.92 Å². The van der Waals surface area contributed by atoms with E-state index in [0.29, 0.717) is 5.82 Å². The number of nitrogens with two attached hydrogens (primary N) is 1. The lowest BCUT2D eigenvalue weighted by Gasteiger charge is -2.12. The summed E-state index contributed by atoms with van der Waals surface area (Å²) in [4.78, 5) is 6.41. The molecule has 1 aromatic rings. The number of rotatable bonds is 3. The number of anilines is 2. The molecule has 15 heavy (non-hydrogen) atoms. The third-order valence-corrected chi connectivity index (χ3v) is 2.87. The summed E-state index contributed by atoms with van der Waals surface area (Å²) in [6.07, 6.45) is 3.07. The molecule has 2 heterocycles. The molecule has 0 aliphatic carbocycles. The molecule has 0 bridgehead atoms. The van der Waals surface area contributed by atoms with Crippen LogP contribution < -0.4 is 11.1 Å². The summed E-state index contributed by atoms with van der Waals surface area (Å²) in [7, 11) is 2.17. The fraction of sp³-hybridized carbons (Fsp3) is 0.545. The van der Waals surface area contributed by atoms with Gasteiger partial charge in [0.2, 0.25) is 0 Å². The first-order valence-electron chi connectivity index (χ1n) is 5.38. The monoisotopic (exact) mass is 206 g/mol. The Morgan fingerprint density at radius 3 is 3.07 bits per heavy atom. The average molecular weight is 206 g/mol. The SMILES string of the molecule is CN1CCC(CNc2ccc(N)nc2)C1. The Morgan fingerprint density at radius 1 is 1.60 bits per heavy atom. The lowest BCUT2D eigenvalue weighted by atomic mass is 10.1. The summed E-state index contributed by atoms with van der Waals surface area (Å²) in [5.74, 6) is 1.33. The molecule has 0 spiro atoms. The Morgan fingerprint density at radius 2 is 2.47 bits per heavy atom. The molecule has 1 saturated heterocycles. The van der Waals surface area contributed by atoms with Gasteiger partial charge in [0.05, 0.1) is 11.9 Å². The van der Waals surface area contributed by atoms with Crippen molar-refractivity contribution >= 4 is 11.5 Å². The van der Waals surface area contributed by atoms with Gasteiger partial charge in [-0.3, -0.25) is 0 Å². The van der Waals surface area contributed by atoms with Crippen LogP contribution in [0.15, 0.2) is 18.3 Å². The average Bonchev–Trinajstić information content (AvgIpc) is 2.64. The molecule has 0 radical (unpaired) electrons. The minimum atomic E-state index is 0.571. The summed E-state index contributed by atoms with van der Waals surface area (Å²) < 4.78 is 0. The van der Waals surface area contributed by atoms with Gasteiger partial charge in [-0.15, -0.1) is 0 Å². The zero-order valence-electron chi connectivity index (χ0n) is 9.11. The van der Waals surface area contributed by atoms with Crippen molar-refractivity contribution in [3.05, 3.63) is 18.3 Å². The first-order valence-corrected chi connectivity index (χ1v) is 5.38. The molecule has 3 N–H and O–H groups in total. The minimum absolute atomic E-state index is 0.571. The molecule has 82 valence electrons. The normalized spacial score (nSPS) is 21.8. The van der Waals surface area contributed by atoms with Gasteiger partial charge in [0.25, 0.3) is 0 Å². The highest BCUT2D eigenvalue weighted by molar-refractivity contribution is 5.45. The molecule has 1 aliphatic heterocycles. The summed E-state index contributed by atoms with van der Waals surface area (Å²) >= 11 is 0. The highest BCUT2D eigenvalue weighted by Gasteiger charge is 2.18. The second-order valence-electron chi connectivity index (χ2n) is 4.27. The minimum Gasteiger partial charge on any atom is -0.384 e. The van der Waals surface area contributed by atoms with Gasteiger partial charge in [0.1, 0.15) is 5.82 Å². The second-order valence-corrected chi connectivity index (χ2v) is 4.27. The molecule has 0 saturated carbocycles. The molecule has 4 nitrogen and oxygen atoms in total. The first-order chi connectivity index (χ1) is 7.24. The maximum Gasteiger partial charge on any atom is 0.123 e. The third-order valence-electron chi connectivity index (χ3n) is 2.87. The van der Waals surface area contributed by atoms with Gasteiger partial charge in [-0.25, -0.2) is 4.98 Å². The zero-order valence-corrected chi connectivity index (χ0v) is 9.11. The van der Waals surface area contributed by atoms with Crippen molar-refractivity contribution in [2.24, 2.45) is 5.92 Å². The summed E-state index contributed by atoms with van der Waals surface area (Å²) in [6.45, 7) is 3.43. The van der Waals surface area contributed by atoms with Crippen LogP contribution in [-0.4, -0.2) is 36.6 Å². The van der Waals surface area contributed by atoms with Crippen molar-refractivity contribution in [2.75, 3.05) is 37.7 Å². The molecule has 0 aromatic carbocycles. The molecule has 1 aliphatic rings. The number of nitrogen functional groups attached to an aromatic ring is 1. The number of hydrogen-bond acceptors (Lipinski definition) is 4. The van der Waals surface area contributed by atoms with E-state index in [4.69, 9.17) is 5.73 Å². The van der Waals surface area contributed by atoms with Gasteiger partial charge in [-0.05, 0) is 38.1 Å². The zero-order chi connectivity index (χ0) is 10.7. The van der Waals surface area contributed by atoms with Gasteiger partial charge >= 0.3 is 0 Å². The largest absolute Gasteiger partial charge is 0.384 e. The Labute approximate surface area is 90.5 Å². The Hall–Kier alpha value is -1.29. The fourth-order valence-electron chi connectivity index (χ4n) is 1.96. The van der Waals surface area contributed by atoms with Gasteiger partial charge in [-0.1, -0.05) is 0 Å². The Bertz CT molecular complexity index is 309. The van der Waals surface area contributed by atoms with E-state index in [-0.39, 0.29) is 0 Å². The maximum atomic E-state index is 5.52. The van der Waals surface area contributed by atoms with E-state index in [9.17, 15) is 0 Å². The molecule has 1 unspecified atom stereocenters. The van der Waals surface area contributed by atoms with E-state index in [1.54, 1.807) is 6.20 Å². The molecular weight excluding hydrogens is 188 g/mol. The predicted molar refractivity (Wildman–Crippen MR) is 62.7 cm³/mol. The van der Waals surface area contributed by atoms with Crippen molar-refractivity contribution in [3.63, 3.8) is 0 Å². The van der Waals surface area contributed by atoms with Crippen molar-refractivity contribution in [1.82, 2.24) is 9.88 Å². The fourth-order valence-corrected chi connectivity index (χ4v) is 1.96. The topological polar surface area (TPSA) is 54.2 Å². The van der Waals surface area contributed by atoms with Crippen LogP contribution >= 0.6 is 0 Å². The van der Waals surface area contributed by atoms with Gasteiger partial charge in [0.15, 0.2) is 0 Å². The van der Waals surface area contributed by atoms with E-state index in [1.165, 1.54) is 19.5 Å². The highest BCUT2D eigenvalue weighted by atomic mass is 15.1. The van der Waals surface area contributed by atoms with E-state index >= 15 is 0 Å². The van der Waals surface area contributed by atoms with Crippen LogP contribution in [0.5, 0.6) is 0 Å². The molecule has 1 atom stereocenters. The number of pyridine rings is 1. The van der Waals surface area contributed by atoms with Crippen LogP contribution in [0.3, 0.4) is 0 Å². The van der Waals surface area contributed by atoms with Gasteiger partial charge < -0.3 is 16.0 Å². The van der Waals surface area contributed by atoms with Crippen LogP contribution in [-0.2, 0) is 0 Å². The number of nitrogens with one attached hydrogen (secondary N) is 1. The van der Waals surface area contributed by atoms with Crippen molar-refractivity contribution in [2.45, 2.75) is 6.42 Å². The number of nitrogens with zero attached hydrogens (tertiary/aromatic N) is 2. The molecule has 2 rings (SSSR count). The van der Waals surface area contributed by atoms with Crippen LogP contribution in [0.1, 0.15) is 6.42 Å². The number of aromatic nitrogens is 1. The Balaban J connectivity index is 1.80. The van der Waals surface area contributed by atoms with Crippen LogP contribution in [0.25, 0.3) is 0 Å². The third kappa shape index (κ3) is 2.83. The van der Waals surface area contributed by atoms with Crippen LogP contribution in [0.2, 0.25) is 0 Å². The lowest BCUT2D eigenvalue weighted by molar-refractivity contribution is 0.399. The quantitative estimate of drug-likeness (QED) is 0.775.